The Morgan fingerprint density at radius 1 is 0.436 bits per heavy atom. The molecule has 5 nitrogen and oxygen atoms in total. The Kier molecular flexibility index (Phi) is 9.82. The van der Waals surface area contributed by atoms with Crippen molar-refractivity contribution >= 4 is 41.2 Å². The minimum Gasteiger partial charge on any atom is -0.236 e. The summed E-state index contributed by atoms with van der Waals surface area (Å²) in [6.45, 7) is 4.26. The largest absolute Gasteiger partial charge is 0.236 e. The van der Waals surface area contributed by atoms with Gasteiger partial charge in [0.1, 0.15) is 0 Å². The first-order valence-electron chi connectivity index (χ1n) is 18.1. The Balaban J connectivity index is 0.00000427. The molecule has 0 aliphatic rings. The first-order valence-corrected chi connectivity index (χ1v) is 18.1. The van der Waals surface area contributed by atoms with E-state index in [1.807, 2.05) is 91.1 Å². The van der Waals surface area contributed by atoms with E-state index < -0.39 is 0 Å². The van der Waals surface area contributed by atoms with Gasteiger partial charge in [0.15, 0.2) is 23.3 Å². The van der Waals surface area contributed by atoms with E-state index in [4.69, 9.17) is 24.9 Å². The third-order valence-corrected chi connectivity index (χ3v) is 9.77. The number of aryl methyl sites for hydroxylation is 1. The number of aromatic nitrogens is 5. The van der Waals surface area contributed by atoms with Gasteiger partial charge in [-0.1, -0.05) is 146 Å². The molecule has 9 rings (SSSR count). The van der Waals surface area contributed by atoms with Gasteiger partial charge in [0.05, 0.1) is 5.52 Å². The molecule has 264 valence electrons. The van der Waals surface area contributed by atoms with E-state index in [0.29, 0.717) is 23.3 Å². The lowest BCUT2D eigenvalue weighted by Gasteiger charge is -2.15. The number of allylic oxidation sites excluding steroid dienone is 1. The second kappa shape index (κ2) is 15.3. The van der Waals surface area contributed by atoms with Crippen LogP contribution in [0.5, 0.6) is 0 Å². The van der Waals surface area contributed by atoms with E-state index in [2.05, 4.69) is 98.8 Å². The summed E-state index contributed by atoms with van der Waals surface area (Å²) in [4.78, 5) is 24.9. The number of hydrogen-bond donors (Lipinski definition) is 0. The van der Waals surface area contributed by atoms with Crippen LogP contribution in [0.2, 0.25) is 0 Å². The zero-order valence-electron chi connectivity index (χ0n) is 30.5. The lowest BCUT2D eigenvalue weighted by atomic mass is 9.89. The molecule has 55 heavy (non-hydrogen) atoms. The number of benzene rings is 7. The third kappa shape index (κ3) is 7.03. The highest BCUT2D eigenvalue weighted by atomic mass is 32.1. The third-order valence-electron chi connectivity index (χ3n) is 9.77. The summed E-state index contributed by atoms with van der Waals surface area (Å²) in [5, 5.41) is 3.46. The zero-order chi connectivity index (χ0) is 36.4. The van der Waals surface area contributed by atoms with Crippen molar-refractivity contribution in [3.63, 3.8) is 0 Å². The minimum absolute atomic E-state index is 0. The van der Waals surface area contributed by atoms with E-state index in [0.717, 1.165) is 44.3 Å². The summed E-state index contributed by atoms with van der Waals surface area (Å²) >= 11 is 0. The van der Waals surface area contributed by atoms with Crippen LogP contribution in [0, 0.1) is 6.92 Å². The predicted octanol–water partition coefficient (Wildman–Crippen LogP) is 12.4. The molecular weight excluding hydrogens is 691 g/mol. The molecule has 0 atom stereocenters. The van der Waals surface area contributed by atoms with Gasteiger partial charge >= 0.3 is 0 Å². The molecule has 0 saturated carbocycles. The van der Waals surface area contributed by atoms with E-state index in [-0.39, 0.29) is 13.5 Å². The topological polar surface area (TPSA) is 64.5 Å². The fourth-order valence-electron chi connectivity index (χ4n) is 7.13. The highest BCUT2D eigenvalue weighted by Crippen LogP contribution is 2.38. The van der Waals surface area contributed by atoms with E-state index in [9.17, 15) is 0 Å². The standard InChI is InChI=1S/C49H35N5.H2S/c1-3-14-42-32(2)27-37-19-10-12-21-43(37)45(42)34-25-23-33(24-26-34)39-28-40(46-50-31-38-20-11-13-22-44(38)51-46)30-41(29-39)49-53-47(35-15-6-4-7-16-35)52-48(54-49)36-17-8-5-9-18-36;/h3-31H,1-2H3;1H2/b14-3-;. The Hall–Kier alpha value is -6.76. The summed E-state index contributed by atoms with van der Waals surface area (Å²) in [6, 6.07) is 54.3. The van der Waals surface area contributed by atoms with Crippen LogP contribution < -0.4 is 0 Å². The summed E-state index contributed by atoms with van der Waals surface area (Å²) in [6.07, 6.45) is 6.22. The van der Waals surface area contributed by atoms with Gasteiger partial charge in [-0.25, -0.2) is 24.9 Å². The number of hydrogen-bond acceptors (Lipinski definition) is 5. The van der Waals surface area contributed by atoms with Crippen LogP contribution in [0.1, 0.15) is 18.1 Å². The van der Waals surface area contributed by atoms with Gasteiger partial charge in [-0.15, -0.1) is 0 Å². The molecule has 6 heteroatoms. The van der Waals surface area contributed by atoms with Crippen molar-refractivity contribution in [1.29, 1.82) is 0 Å². The van der Waals surface area contributed by atoms with Gasteiger partial charge in [-0.05, 0) is 82.3 Å². The average Bonchev–Trinajstić information content (AvgIpc) is 3.24. The van der Waals surface area contributed by atoms with Crippen molar-refractivity contribution in [2.45, 2.75) is 13.8 Å². The highest BCUT2D eigenvalue weighted by Gasteiger charge is 2.17. The number of fused-ring (bicyclic) bond motifs is 2. The Morgan fingerprint density at radius 3 is 1.62 bits per heavy atom. The second-order valence-corrected chi connectivity index (χ2v) is 13.4. The first kappa shape index (κ1) is 35.3. The molecule has 9 aromatic rings. The Bertz CT molecular complexity index is 2780. The first-order chi connectivity index (χ1) is 26.6. The van der Waals surface area contributed by atoms with Gasteiger partial charge in [-0.3, -0.25) is 0 Å². The zero-order valence-corrected chi connectivity index (χ0v) is 31.5. The SMILES string of the molecule is C/C=C\c1c(C)cc2ccccc2c1-c1ccc(-c2cc(-c3nc(-c4ccccc4)nc(-c4ccccc4)n3)cc(-c3ncc4ccccc4n3)c2)cc1.S. The summed E-state index contributed by atoms with van der Waals surface area (Å²) in [5.41, 5.74) is 11.4. The Morgan fingerprint density at radius 2 is 0.964 bits per heavy atom. The maximum Gasteiger partial charge on any atom is 0.164 e. The molecule has 0 aliphatic carbocycles. The summed E-state index contributed by atoms with van der Waals surface area (Å²) in [5.74, 6) is 2.43. The van der Waals surface area contributed by atoms with Gasteiger partial charge in [0, 0.05) is 33.8 Å². The van der Waals surface area contributed by atoms with E-state index in [1.54, 1.807) is 0 Å². The minimum atomic E-state index is 0. The van der Waals surface area contributed by atoms with E-state index in [1.165, 1.54) is 33.0 Å². The monoisotopic (exact) mass is 727 g/mol. The second-order valence-electron chi connectivity index (χ2n) is 13.4. The summed E-state index contributed by atoms with van der Waals surface area (Å²) < 4.78 is 0. The van der Waals surface area contributed by atoms with Gasteiger partial charge in [-0.2, -0.15) is 13.5 Å². The maximum atomic E-state index is 5.07. The van der Waals surface area contributed by atoms with Gasteiger partial charge < -0.3 is 0 Å². The molecule has 0 saturated heterocycles. The van der Waals surface area contributed by atoms with Gasteiger partial charge in [0.2, 0.25) is 0 Å². The maximum absolute atomic E-state index is 5.07. The summed E-state index contributed by atoms with van der Waals surface area (Å²) in [7, 11) is 0. The predicted molar refractivity (Wildman–Crippen MR) is 233 cm³/mol. The molecule has 0 bridgehead atoms. The van der Waals surface area contributed by atoms with Crippen LogP contribution in [-0.2, 0) is 0 Å². The van der Waals surface area contributed by atoms with Crippen molar-refractivity contribution in [3.05, 3.63) is 181 Å². The van der Waals surface area contributed by atoms with Gasteiger partial charge in [0.25, 0.3) is 0 Å². The molecule has 2 heterocycles. The molecule has 0 spiro atoms. The fraction of sp³-hybridized carbons (Fsp3) is 0.0408. The van der Waals surface area contributed by atoms with Crippen LogP contribution in [-0.4, -0.2) is 24.9 Å². The van der Waals surface area contributed by atoms with E-state index >= 15 is 0 Å². The highest BCUT2D eigenvalue weighted by molar-refractivity contribution is 7.59. The van der Waals surface area contributed by atoms with Crippen LogP contribution in [0.4, 0.5) is 0 Å². The molecule has 0 aliphatic heterocycles. The van der Waals surface area contributed by atoms with Crippen LogP contribution >= 0.6 is 13.5 Å². The molecule has 0 fully saturated rings. The van der Waals surface area contributed by atoms with Crippen molar-refractivity contribution in [1.82, 2.24) is 24.9 Å². The molecule has 0 amide bonds. The van der Waals surface area contributed by atoms with Crippen LogP contribution in [0.15, 0.2) is 170 Å². The molecule has 7 aromatic carbocycles. The number of nitrogens with zero attached hydrogens (tertiary/aromatic N) is 5. The lowest BCUT2D eigenvalue weighted by Crippen LogP contribution is -2.01. The van der Waals surface area contributed by atoms with Crippen molar-refractivity contribution in [2.75, 3.05) is 0 Å². The van der Waals surface area contributed by atoms with Crippen LogP contribution in [0.25, 0.3) is 95.6 Å². The van der Waals surface area contributed by atoms with Crippen LogP contribution in [0.3, 0.4) is 0 Å². The molecular formula is C49H37N5S. The molecule has 0 unspecified atom stereocenters. The fourth-order valence-corrected chi connectivity index (χ4v) is 7.13. The average molecular weight is 728 g/mol. The number of rotatable bonds is 7. The molecule has 0 radical (unpaired) electrons. The van der Waals surface area contributed by atoms with Crippen molar-refractivity contribution in [2.24, 2.45) is 0 Å². The van der Waals surface area contributed by atoms with Crippen molar-refractivity contribution < 1.29 is 0 Å². The quantitative estimate of drug-likeness (QED) is 0.164. The van der Waals surface area contributed by atoms with Crippen molar-refractivity contribution in [3.8, 4) is 67.8 Å². The molecule has 2 aromatic heterocycles. The normalized spacial score (nSPS) is 11.2. The Labute approximate surface area is 327 Å². The molecule has 0 N–H and O–H groups in total. The number of para-hydroxylation sites is 1. The smallest absolute Gasteiger partial charge is 0.164 e. The lowest BCUT2D eigenvalue weighted by molar-refractivity contribution is 1.07.